The van der Waals surface area contributed by atoms with Crippen LogP contribution in [0.1, 0.15) is 47.9 Å². The second kappa shape index (κ2) is 8.45. The molecule has 1 atom stereocenters. The Balaban J connectivity index is 1.60. The lowest BCUT2D eigenvalue weighted by atomic mass is 9.99. The SMILES string of the molecule is CNc1nc([C@@H]2CCCCN2C(=O)Cc2ccc(F)cc2)nc2c1CN(C)CC2. The summed E-state index contributed by atoms with van der Waals surface area (Å²) in [6.45, 7) is 2.52. The van der Waals surface area contributed by atoms with Crippen molar-refractivity contribution in [3.63, 3.8) is 0 Å². The second-order valence-electron chi connectivity index (χ2n) is 8.00. The zero-order valence-electron chi connectivity index (χ0n) is 17.1. The van der Waals surface area contributed by atoms with Crippen LogP contribution in [0.4, 0.5) is 10.2 Å². The van der Waals surface area contributed by atoms with Gasteiger partial charge in [0.25, 0.3) is 0 Å². The molecule has 6 nitrogen and oxygen atoms in total. The van der Waals surface area contributed by atoms with Crippen molar-refractivity contribution in [2.45, 2.75) is 44.7 Å². The molecule has 7 heteroatoms. The zero-order valence-corrected chi connectivity index (χ0v) is 17.1. The average molecular weight is 397 g/mol. The summed E-state index contributed by atoms with van der Waals surface area (Å²) in [5, 5.41) is 3.23. The first-order valence-electron chi connectivity index (χ1n) is 10.3. The number of anilines is 1. The van der Waals surface area contributed by atoms with Crippen LogP contribution in [0.15, 0.2) is 24.3 Å². The molecule has 0 spiro atoms. The van der Waals surface area contributed by atoms with Gasteiger partial charge in [-0.05, 0) is 44.0 Å². The van der Waals surface area contributed by atoms with E-state index in [1.54, 1.807) is 12.1 Å². The molecule has 2 aromatic rings. The molecule has 1 amide bonds. The van der Waals surface area contributed by atoms with Gasteiger partial charge < -0.3 is 15.1 Å². The van der Waals surface area contributed by atoms with Gasteiger partial charge in [-0.3, -0.25) is 4.79 Å². The van der Waals surface area contributed by atoms with Gasteiger partial charge in [0.05, 0.1) is 18.2 Å². The van der Waals surface area contributed by atoms with E-state index < -0.39 is 0 Å². The van der Waals surface area contributed by atoms with Gasteiger partial charge in [-0.1, -0.05) is 12.1 Å². The number of fused-ring (bicyclic) bond motifs is 1. The Hall–Kier alpha value is -2.54. The third kappa shape index (κ3) is 4.24. The highest BCUT2D eigenvalue weighted by Gasteiger charge is 2.31. The van der Waals surface area contributed by atoms with E-state index >= 15 is 0 Å². The Morgan fingerprint density at radius 1 is 1.21 bits per heavy atom. The number of hydrogen-bond acceptors (Lipinski definition) is 5. The van der Waals surface area contributed by atoms with Crippen molar-refractivity contribution < 1.29 is 9.18 Å². The normalized spacial score (nSPS) is 19.7. The largest absolute Gasteiger partial charge is 0.373 e. The number of likely N-dealkylation sites (N-methyl/N-ethyl adjacent to an activating group) is 1. The summed E-state index contributed by atoms with van der Waals surface area (Å²) < 4.78 is 13.2. The molecule has 29 heavy (non-hydrogen) atoms. The molecule has 0 radical (unpaired) electrons. The average Bonchev–Trinajstić information content (AvgIpc) is 2.74. The van der Waals surface area contributed by atoms with E-state index in [1.165, 1.54) is 12.1 Å². The van der Waals surface area contributed by atoms with Crippen LogP contribution in [0.3, 0.4) is 0 Å². The summed E-state index contributed by atoms with van der Waals surface area (Å²) in [6, 6.07) is 6.06. The van der Waals surface area contributed by atoms with Gasteiger partial charge in [-0.2, -0.15) is 0 Å². The fraction of sp³-hybridized carbons (Fsp3) is 0.500. The van der Waals surface area contributed by atoms with Crippen molar-refractivity contribution in [2.75, 3.05) is 32.5 Å². The van der Waals surface area contributed by atoms with Gasteiger partial charge in [0, 0.05) is 38.7 Å². The molecular formula is C22H28FN5O. The molecule has 0 aliphatic carbocycles. The van der Waals surface area contributed by atoms with E-state index in [1.807, 2.05) is 11.9 Å². The first-order valence-corrected chi connectivity index (χ1v) is 10.3. The number of rotatable bonds is 4. The maximum Gasteiger partial charge on any atom is 0.227 e. The van der Waals surface area contributed by atoms with Crippen LogP contribution in [0.5, 0.6) is 0 Å². The molecule has 1 aromatic carbocycles. The summed E-state index contributed by atoms with van der Waals surface area (Å²) in [4.78, 5) is 27.0. The van der Waals surface area contributed by atoms with Gasteiger partial charge in [0.1, 0.15) is 11.6 Å². The Kier molecular flexibility index (Phi) is 5.76. The summed E-state index contributed by atoms with van der Waals surface area (Å²) in [5.41, 5.74) is 3.07. The van der Waals surface area contributed by atoms with Crippen LogP contribution < -0.4 is 5.32 Å². The Bertz CT molecular complexity index is 868. The lowest BCUT2D eigenvalue weighted by molar-refractivity contribution is -0.134. The van der Waals surface area contributed by atoms with E-state index in [0.29, 0.717) is 6.54 Å². The van der Waals surface area contributed by atoms with Crippen LogP contribution in [-0.4, -0.2) is 52.9 Å². The predicted octanol–water partition coefficient (Wildman–Crippen LogP) is 2.94. The van der Waals surface area contributed by atoms with E-state index in [4.69, 9.17) is 9.97 Å². The van der Waals surface area contributed by atoms with E-state index in [-0.39, 0.29) is 24.2 Å². The number of amides is 1. The fourth-order valence-electron chi connectivity index (χ4n) is 4.30. The maximum absolute atomic E-state index is 13.2. The summed E-state index contributed by atoms with van der Waals surface area (Å²) in [7, 11) is 3.99. The Morgan fingerprint density at radius 2 is 2.00 bits per heavy atom. The van der Waals surface area contributed by atoms with Crippen LogP contribution in [-0.2, 0) is 24.2 Å². The number of hydrogen-bond donors (Lipinski definition) is 1. The molecular weight excluding hydrogens is 369 g/mol. The minimum atomic E-state index is -0.287. The summed E-state index contributed by atoms with van der Waals surface area (Å²) in [5.74, 6) is 1.37. The second-order valence-corrected chi connectivity index (χ2v) is 8.00. The van der Waals surface area contributed by atoms with Crippen molar-refractivity contribution in [3.8, 4) is 0 Å². The minimum Gasteiger partial charge on any atom is -0.373 e. The molecule has 1 N–H and O–H groups in total. The van der Waals surface area contributed by atoms with Gasteiger partial charge in [-0.15, -0.1) is 0 Å². The smallest absolute Gasteiger partial charge is 0.227 e. The number of carbonyl (C=O) groups excluding carboxylic acids is 1. The molecule has 0 unspecified atom stereocenters. The lowest BCUT2D eigenvalue weighted by Gasteiger charge is -2.36. The molecule has 0 bridgehead atoms. The first-order chi connectivity index (χ1) is 14.0. The Labute approximate surface area is 171 Å². The van der Waals surface area contributed by atoms with Crippen LogP contribution in [0.2, 0.25) is 0 Å². The van der Waals surface area contributed by atoms with E-state index in [2.05, 4.69) is 17.3 Å². The molecule has 3 heterocycles. The molecule has 2 aliphatic heterocycles. The fourth-order valence-corrected chi connectivity index (χ4v) is 4.30. The van der Waals surface area contributed by atoms with Crippen LogP contribution in [0, 0.1) is 5.82 Å². The Morgan fingerprint density at radius 3 is 2.76 bits per heavy atom. The van der Waals surface area contributed by atoms with Crippen LogP contribution in [0.25, 0.3) is 0 Å². The molecule has 2 aliphatic rings. The van der Waals surface area contributed by atoms with E-state index in [0.717, 1.165) is 67.2 Å². The number of likely N-dealkylation sites (tertiary alicyclic amines) is 1. The number of carbonyl (C=O) groups is 1. The third-order valence-corrected chi connectivity index (χ3v) is 5.90. The highest BCUT2D eigenvalue weighted by molar-refractivity contribution is 5.79. The van der Waals surface area contributed by atoms with Crippen molar-refractivity contribution in [2.24, 2.45) is 0 Å². The monoisotopic (exact) mass is 397 g/mol. The number of nitrogens with one attached hydrogen (secondary N) is 1. The number of piperidine rings is 1. The van der Waals surface area contributed by atoms with Crippen molar-refractivity contribution in [1.82, 2.24) is 19.8 Å². The quantitative estimate of drug-likeness (QED) is 0.860. The lowest BCUT2D eigenvalue weighted by Crippen LogP contribution is -2.40. The number of benzene rings is 1. The van der Waals surface area contributed by atoms with Gasteiger partial charge in [-0.25, -0.2) is 14.4 Å². The van der Waals surface area contributed by atoms with Crippen LogP contribution >= 0.6 is 0 Å². The number of aromatic nitrogens is 2. The van der Waals surface area contributed by atoms with E-state index in [9.17, 15) is 9.18 Å². The predicted molar refractivity (Wildman–Crippen MR) is 110 cm³/mol. The minimum absolute atomic E-state index is 0.0494. The van der Waals surface area contributed by atoms with Crippen molar-refractivity contribution in [1.29, 1.82) is 0 Å². The highest BCUT2D eigenvalue weighted by Crippen LogP contribution is 2.32. The number of nitrogens with zero attached hydrogens (tertiary/aromatic N) is 4. The topological polar surface area (TPSA) is 61.4 Å². The van der Waals surface area contributed by atoms with Crippen molar-refractivity contribution >= 4 is 11.7 Å². The van der Waals surface area contributed by atoms with Crippen molar-refractivity contribution in [3.05, 3.63) is 52.7 Å². The zero-order chi connectivity index (χ0) is 20.4. The molecule has 1 saturated heterocycles. The molecule has 4 rings (SSSR count). The molecule has 154 valence electrons. The first kappa shape index (κ1) is 19.8. The third-order valence-electron chi connectivity index (χ3n) is 5.90. The number of halogens is 1. The molecule has 0 saturated carbocycles. The molecule has 1 aromatic heterocycles. The van der Waals surface area contributed by atoms with Gasteiger partial charge in [0.15, 0.2) is 5.82 Å². The molecule has 1 fully saturated rings. The summed E-state index contributed by atoms with van der Waals surface area (Å²) >= 11 is 0. The summed E-state index contributed by atoms with van der Waals surface area (Å²) in [6.07, 6.45) is 4.08. The highest BCUT2D eigenvalue weighted by atomic mass is 19.1. The standard InChI is InChI=1S/C22H28FN5O/c1-24-21-17-14-27(2)12-10-18(17)25-22(26-21)19-5-3-4-11-28(19)20(29)13-15-6-8-16(23)9-7-15/h6-9,19H,3-5,10-14H2,1-2H3,(H,24,25,26)/t19-/m0/s1. The maximum atomic E-state index is 13.2. The van der Waals surface area contributed by atoms with Gasteiger partial charge >= 0.3 is 0 Å². The van der Waals surface area contributed by atoms with Gasteiger partial charge in [0.2, 0.25) is 5.91 Å².